The van der Waals surface area contributed by atoms with Gasteiger partial charge in [0.2, 0.25) is 0 Å². The van der Waals surface area contributed by atoms with E-state index >= 15 is 0 Å². The van der Waals surface area contributed by atoms with E-state index in [0.717, 1.165) is 0 Å². The molecule has 13 heavy (non-hydrogen) atoms. The van der Waals surface area contributed by atoms with Crippen molar-refractivity contribution >= 4 is 23.4 Å². The molecule has 0 bridgehead atoms. The van der Waals surface area contributed by atoms with Crippen LogP contribution in [0.15, 0.2) is 12.1 Å². The molecule has 0 aromatic carbocycles. The number of aromatic carboxylic acids is 1. The van der Waals surface area contributed by atoms with Crippen molar-refractivity contribution in [2.75, 3.05) is 19.0 Å². The van der Waals surface area contributed by atoms with E-state index in [2.05, 4.69) is 4.98 Å². The van der Waals surface area contributed by atoms with Gasteiger partial charge in [-0.15, -0.1) is 0 Å². The van der Waals surface area contributed by atoms with Crippen LogP contribution in [0.1, 0.15) is 10.4 Å². The number of pyridine rings is 1. The van der Waals surface area contributed by atoms with Gasteiger partial charge in [0.05, 0.1) is 5.56 Å². The minimum absolute atomic E-state index is 0.142. The van der Waals surface area contributed by atoms with Crippen molar-refractivity contribution < 1.29 is 9.90 Å². The summed E-state index contributed by atoms with van der Waals surface area (Å²) in [7, 11) is 3.54. The Labute approximate surface area is 80.8 Å². The summed E-state index contributed by atoms with van der Waals surface area (Å²) in [6.45, 7) is 0. The van der Waals surface area contributed by atoms with E-state index in [4.69, 9.17) is 16.7 Å². The van der Waals surface area contributed by atoms with Gasteiger partial charge in [0.1, 0.15) is 11.0 Å². The third-order valence-corrected chi connectivity index (χ3v) is 1.68. The van der Waals surface area contributed by atoms with E-state index in [1.54, 1.807) is 19.0 Å². The van der Waals surface area contributed by atoms with Crippen LogP contribution in [0.5, 0.6) is 0 Å². The number of hydrogen-bond donors (Lipinski definition) is 1. The highest BCUT2D eigenvalue weighted by atomic mass is 35.5. The van der Waals surface area contributed by atoms with Gasteiger partial charge in [0, 0.05) is 14.1 Å². The van der Waals surface area contributed by atoms with Gasteiger partial charge in [-0.1, -0.05) is 11.6 Å². The molecule has 0 atom stereocenters. The number of carbonyl (C=O) groups is 1. The van der Waals surface area contributed by atoms with Crippen LogP contribution in [0.4, 0.5) is 5.82 Å². The van der Waals surface area contributed by atoms with Crippen LogP contribution >= 0.6 is 11.6 Å². The van der Waals surface area contributed by atoms with Crippen LogP contribution in [0.3, 0.4) is 0 Å². The van der Waals surface area contributed by atoms with Gasteiger partial charge in [0.15, 0.2) is 0 Å². The van der Waals surface area contributed by atoms with E-state index in [9.17, 15) is 4.79 Å². The lowest BCUT2D eigenvalue weighted by molar-refractivity contribution is 0.0697. The number of anilines is 1. The molecule has 0 aliphatic rings. The number of halogens is 1. The highest BCUT2D eigenvalue weighted by Gasteiger charge is 2.07. The van der Waals surface area contributed by atoms with Crippen LogP contribution < -0.4 is 4.90 Å². The number of carboxylic acids is 1. The maximum atomic E-state index is 10.6. The number of aromatic nitrogens is 1. The van der Waals surface area contributed by atoms with Crippen LogP contribution in [0.2, 0.25) is 5.15 Å². The van der Waals surface area contributed by atoms with E-state index in [0.29, 0.717) is 5.82 Å². The standard InChI is InChI=1S/C8H9ClN2O2/c1-11(2)7-4-5(8(12)13)3-6(9)10-7/h3-4H,1-2H3,(H,12,13). The zero-order valence-corrected chi connectivity index (χ0v) is 8.04. The molecule has 1 aromatic rings. The van der Waals surface area contributed by atoms with Crippen molar-refractivity contribution in [2.24, 2.45) is 0 Å². The molecule has 70 valence electrons. The Morgan fingerprint density at radius 2 is 2.15 bits per heavy atom. The molecule has 0 aliphatic heterocycles. The summed E-state index contributed by atoms with van der Waals surface area (Å²) >= 11 is 5.64. The zero-order chi connectivity index (χ0) is 10.0. The molecule has 0 fully saturated rings. The molecule has 1 rings (SSSR count). The Morgan fingerprint density at radius 3 is 2.62 bits per heavy atom. The fraction of sp³-hybridized carbons (Fsp3) is 0.250. The van der Waals surface area contributed by atoms with Crippen LogP contribution in [-0.2, 0) is 0 Å². The fourth-order valence-corrected chi connectivity index (χ4v) is 1.04. The lowest BCUT2D eigenvalue weighted by Crippen LogP contribution is -2.12. The van der Waals surface area contributed by atoms with Gasteiger partial charge in [-0.2, -0.15) is 0 Å². The van der Waals surface area contributed by atoms with Gasteiger partial charge in [0.25, 0.3) is 0 Å². The molecule has 1 aromatic heterocycles. The second-order valence-electron chi connectivity index (χ2n) is 2.74. The van der Waals surface area contributed by atoms with E-state index in [1.165, 1.54) is 12.1 Å². The molecule has 4 nitrogen and oxygen atoms in total. The van der Waals surface area contributed by atoms with E-state index in [-0.39, 0.29) is 10.7 Å². The first-order valence-corrected chi connectivity index (χ1v) is 3.96. The lowest BCUT2D eigenvalue weighted by atomic mass is 10.2. The molecule has 0 saturated heterocycles. The molecule has 5 heteroatoms. The second-order valence-corrected chi connectivity index (χ2v) is 3.12. The molecular formula is C8H9ClN2O2. The summed E-state index contributed by atoms with van der Waals surface area (Å²) in [6, 6.07) is 2.78. The summed E-state index contributed by atoms with van der Waals surface area (Å²) in [5.74, 6) is -0.475. The van der Waals surface area contributed by atoms with Crippen molar-refractivity contribution in [1.29, 1.82) is 0 Å². The summed E-state index contributed by atoms with van der Waals surface area (Å²) in [6.07, 6.45) is 0. The topological polar surface area (TPSA) is 53.4 Å². The van der Waals surface area contributed by atoms with Gasteiger partial charge in [-0.25, -0.2) is 9.78 Å². The minimum Gasteiger partial charge on any atom is -0.478 e. The smallest absolute Gasteiger partial charge is 0.335 e. The van der Waals surface area contributed by atoms with Gasteiger partial charge in [-0.05, 0) is 12.1 Å². The van der Waals surface area contributed by atoms with Crippen molar-refractivity contribution in [3.05, 3.63) is 22.8 Å². The first-order valence-electron chi connectivity index (χ1n) is 3.59. The molecule has 1 heterocycles. The van der Waals surface area contributed by atoms with Crippen LogP contribution in [0.25, 0.3) is 0 Å². The first-order chi connectivity index (χ1) is 6.00. The van der Waals surface area contributed by atoms with Gasteiger partial charge in [-0.3, -0.25) is 0 Å². The summed E-state index contributed by atoms with van der Waals surface area (Å²) in [4.78, 5) is 16.3. The third kappa shape index (κ3) is 2.32. The predicted octanol–water partition coefficient (Wildman–Crippen LogP) is 1.50. The van der Waals surface area contributed by atoms with Crippen molar-refractivity contribution in [2.45, 2.75) is 0 Å². The number of carboxylic acid groups (broad SMARTS) is 1. The molecule has 0 aliphatic carbocycles. The average Bonchev–Trinajstić information content (AvgIpc) is 2.03. The SMILES string of the molecule is CN(C)c1cc(C(=O)O)cc(Cl)n1. The third-order valence-electron chi connectivity index (χ3n) is 1.49. The predicted molar refractivity (Wildman–Crippen MR) is 50.5 cm³/mol. The van der Waals surface area contributed by atoms with Gasteiger partial charge < -0.3 is 10.0 Å². The highest BCUT2D eigenvalue weighted by molar-refractivity contribution is 6.29. The normalized spacial score (nSPS) is 9.77. The number of rotatable bonds is 2. The second kappa shape index (κ2) is 3.62. The molecule has 0 spiro atoms. The van der Waals surface area contributed by atoms with Crippen molar-refractivity contribution in [3.63, 3.8) is 0 Å². The Bertz CT molecular complexity index is 339. The van der Waals surface area contributed by atoms with Crippen LogP contribution in [0, 0.1) is 0 Å². The molecule has 1 N–H and O–H groups in total. The minimum atomic E-state index is -1.01. The van der Waals surface area contributed by atoms with E-state index < -0.39 is 5.97 Å². The number of hydrogen-bond acceptors (Lipinski definition) is 3. The van der Waals surface area contributed by atoms with Gasteiger partial charge >= 0.3 is 5.97 Å². The first kappa shape index (κ1) is 9.80. The Morgan fingerprint density at radius 1 is 1.54 bits per heavy atom. The summed E-state index contributed by atoms with van der Waals surface area (Å²) < 4.78 is 0. The quantitative estimate of drug-likeness (QED) is 0.736. The monoisotopic (exact) mass is 200 g/mol. The molecule has 0 unspecified atom stereocenters. The Hall–Kier alpha value is -1.29. The highest BCUT2D eigenvalue weighted by Crippen LogP contribution is 2.16. The molecule has 0 radical (unpaired) electrons. The maximum absolute atomic E-state index is 10.6. The van der Waals surface area contributed by atoms with E-state index in [1.807, 2.05) is 0 Å². The maximum Gasteiger partial charge on any atom is 0.335 e. The summed E-state index contributed by atoms with van der Waals surface area (Å²) in [5, 5.41) is 8.89. The molecule has 0 saturated carbocycles. The zero-order valence-electron chi connectivity index (χ0n) is 7.28. The molecule has 0 amide bonds. The van der Waals surface area contributed by atoms with Crippen molar-refractivity contribution in [1.82, 2.24) is 4.98 Å². The van der Waals surface area contributed by atoms with Crippen LogP contribution in [-0.4, -0.2) is 30.2 Å². The Balaban J connectivity index is 3.19. The molecular weight excluding hydrogens is 192 g/mol. The Kier molecular flexibility index (Phi) is 2.72. The fourth-order valence-electron chi connectivity index (χ4n) is 0.836. The number of nitrogens with zero attached hydrogens (tertiary/aromatic N) is 2. The largest absolute Gasteiger partial charge is 0.478 e. The summed E-state index contributed by atoms with van der Waals surface area (Å²) in [5.41, 5.74) is 0.142. The van der Waals surface area contributed by atoms with Crippen molar-refractivity contribution in [3.8, 4) is 0 Å². The average molecular weight is 201 g/mol. The lowest BCUT2D eigenvalue weighted by Gasteiger charge is -2.11.